The van der Waals surface area contributed by atoms with E-state index in [-0.39, 0.29) is 5.91 Å². The van der Waals surface area contributed by atoms with E-state index in [4.69, 9.17) is 0 Å². The van der Waals surface area contributed by atoms with Gasteiger partial charge in [0.25, 0.3) is 5.91 Å². The van der Waals surface area contributed by atoms with E-state index < -0.39 is 0 Å². The fourth-order valence-corrected chi connectivity index (χ4v) is 4.20. The fourth-order valence-electron chi connectivity index (χ4n) is 2.02. The van der Waals surface area contributed by atoms with Crippen LogP contribution in [0.2, 0.25) is 0 Å². The summed E-state index contributed by atoms with van der Waals surface area (Å²) in [6.07, 6.45) is 0. The van der Waals surface area contributed by atoms with Crippen LogP contribution in [0.5, 0.6) is 0 Å². The molecular weight excluding hydrogens is 356 g/mol. The first-order valence-corrected chi connectivity index (χ1v) is 8.45. The van der Waals surface area contributed by atoms with Crippen molar-refractivity contribution in [2.75, 3.05) is 5.32 Å². The Kier molecular flexibility index (Phi) is 3.62. The van der Waals surface area contributed by atoms with Gasteiger partial charge in [-0.15, -0.1) is 11.3 Å². The minimum Gasteiger partial charge on any atom is -0.298 e. The Labute approximate surface area is 132 Å². The van der Waals surface area contributed by atoms with Crippen LogP contribution in [0.25, 0.3) is 10.2 Å². The summed E-state index contributed by atoms with van der Waals surface area (Å²) in [6.45, 7) is 4.10. The SMILES string of the molecule is Cc1cc(C)c2nc(NC(=O)c3csc(Br)c3)sc2c1. The maximum atomic E-state index is 12.1. The second-order valence-corrected chi connectivity index (χ2v) is 7.86. The van der Waals surface area contributed by atoms with Gasteiger partial charge in [0.15, 0.2) is 5.13 Å². The first-order chi connectivity index (χ1) is 9.52. The third-order valence-corrected chi connectivity index (χ3v) is 5.30. The average Bonchev–Trinajstić information content (AvgIpc) is 2.95. The number of hydrogen-bond donors (Lipinski definition) is 1. The lowest BCUT2D eigenvalue weighted by Crippen LogP contribution is -2.10. The molecule has 0 spiro atoms. The first-order valence-electron chi connectivity index (χ1n) is 5.96. The number of nitrogens with zero attached hydrogens (tertiary/aromatic N) is 1. The zero-order chi connectivity index (χ0) is 14.3. The maximum Gasteiger partial charge on any atom is 0.258 e. The van der Waals surface area contributed by atoms with Crippen molar-refractivity contribution >= 4 is 59.9 Å². The largest absolute Gasteiger partial charge is 0.298 e. The van der Waals surface area contributed by atoms with Crippen LogP contribution in [0.1, 0.15) is 21.5 Å². The highest BCUT2D eigenvalue weighted by Gasteiger charge is 2.12. The molecule has 2 aromatic heterocycles. The molecule has 0 radical (unpaired) electrons. The van der Waals surface area contributed by atoms with E-state index in [1.807, 2.05) is 18.4 Å². The highest BCUT2D eigenvalue weighted by Crippen LogP contribution is 2.30. The summed E-state index contributed by atoms with van der Waals surface area (Å²) in [7, 11) is 0. The van der Waals surface area contributed by atoms with Gasteiger partial charge in [0.1, 0.15) is 0 Å². The number of rotatable bonds is 2. The number of carbonyl (C=O) groups is 1. The van der Waals surface area contributed by atoms with Gasteiger partial charge in [0.2, 0.25) is 0 Å². The number of thiophene rings is 1. The van der Waals surface area contributed by atoms with E-state index in [2.05, 4.69) is 45.3 Å². The predicted octanol–water partition coefficient (Wildman–Crippen LogP) is 4.99. The van der Waals surface area contributed by atoms with E-state index in [0.717, 1.165) is 19.6 Å². The molecule has 0 saturated heterocycles. The van der Waals surface area contributed by atoms with Crippen LogP contribution in [-0.2, 0) is 0 Å². The maximum absolute atomic E-state index is 12.1. The predicted molar refractivity (Wildman–Crippen MR) is 89.1 cm³/mol. The van der Waals surface area contributed by atoms with Crippen LogP contribution in [0, 0.1) is 13.8 Å². The molecule has 0 atom stereocenters. The minimum absolute atomic E-state index is 0.125. The Hall–Kier alpha value is -1.24. The molecule has 3 aromatic rings. The van der Waals surface area contributed by atoms with Gasteiger partial charge in [-0.3, -0.25) is 10.1 Å². The molecule has 1 aromatic carbocycles. The molecular formula is C14H11BrN2OS2. The Morgan fingerprint density at radius 2 is 2.10 bits per heavy atom. The van der Waals surface area contributed by atoms with Gasteiger partial charge in [0.05, 0.1) is 19.6 Å². The van der Waals surface area contributed by atoms with Crippen molar-refractivity contribution < 1.29 is 4.79 Å². The molecule has 0 unspecified atom stereocenters. The van der Waals surface area contributed by atoms with E-state index >= 15 is 0 Å². The second kappa shape index (κ2) is 5.27. The number of benzene rings is 1. The Balaban J connectivity index is 1.91. The van der Waals surface area contributed by atoms with Crippen molar-refractivity contribution in [3.63, 3.8) is 0 Å². The molecule has 0 aliphatic rings. The smallest absolute Gasteiger partial charge is 0.258 e. The van der Waals surface area contributed by atoms with Gasteiger partial charge in [-0.05, 0) is 53.0 Å². The van der Waals surface area contributed by atoms with Crippen LogP contribution in [0.15, 0.2) is 27.4 Å². The average molecular weight is 367 g/mol. The van der Waals surface area contributed by atoms with Crippen LogP contribution in [0.4, 0.5) is 5.13 Å². The Morgan fingerprint density at radius 1 is 1.30 bits per heavy atom. The van der Waals surface area contributed by atoms with Crippen LogP contribution in [0.3, 0.4) is 0 Å². The molecule has 0 aliphatic carbocycles. The summed E-state index contributed by atoms with van der Waals surface area (Å²) in [5.74, 6) is -0.125. The molecule has 3 rings (SSSR count). The van der Waals surface area contributed by atoms with E-state index in [1.165, 1.54) is 28.2 Å². The molecule has 2 heterocycles. The van der Waals surface area contributed by atoms with Crippen molar-refractivity contribution in [1.82, 2.24) is 4.98 Å². The highest BCUT2D eigenvalue weighted by atomic mass is 79.9. The molecule has 1 N–H and O–H groups in total. The topological polar surface area (TPSA) is 42.0 Å². The number of nitrogens with one attached hydrogen (secondary N) is 1. The molecule has 3 nitrogen and oxygen atoms in total. The summed E-state index contributed by atoms with van der Waals surface area (Å²) >= 11 is 6.35. The standard InChI is InChI=1S/C14H11BrN2OS2/c1-7-3-8(2)12-10(4-7)20-14(16-12)17-13(18)9-5-11(15)19-6-9/h3-6H,1-2H3,(H,16,17,18). The molecule has 6 heteroatoms. The van der Waals surface area contributed by atoms with Crippen molar-refractivity contribution in [3.05, 3.63) is 44.1 Å². The quantitative estimate of drug-likeness (QED) is 0.693. The number of carbonyl (C=O) groups excluding carboxylic acids is 1. The minimum atomic E-state index is -0.125. The number of aromatic nitrogens is 1. The van der Waals surface area contributed by atoms with Gasteiger partial charge < -0.3 is 0 Å². The van der Waals surface area contributed by atoms with Crippen molar-refractivity contribution in [2.45, 2.75) is 13.8 Å². The number of hydrogen-bond acceptors (Lipinski definition) is 4. The molecule has 0 fully saturated rings. The lowest BCUT2D eigenvalue weighted by molar-refractivity contribution is 0.102. The third-order valence-electron chi connectivity index (χ3n) is 2.88. The summed E-state index contributed by atoms with van der Waals surface area (Å²) in [6, 6.07) is 6.00. The number of aryl methyl sites for hydroxylation is 2. The third kappa shape index (κ3) is 2.63. The lowest BCUT2D eigenvalue weighted by atomic mass is 10.1. The second-order valence-electron chi connectivity index (χ2n) is 4.54. The number of halogens is 1. The molecule has 102 valence electrons. The molecule has 0 saturated carbocycles. The highest BCUT2D eigenvalue weighted by molar-refractivity contribution is 9.11. The number of thiazole rings is 1. The summed E-state index contributed by atoms with van der Waals surface area (Å²) in [5, 5.41) is 5.32. The van der Waals surface area contributed by atoms with E-state index in [9.17, 15) is 4.79 Å². The lowest BCUT2D eigenvalue weighted by Gasteiger charge is -1.97. The Morgan fingerprint density at radius 3 is 2.80 bits per heavy atom. The van der Waals surface area contributed by atoms with Crippen molar-refractivity contribution in [2.24, 2.45) is 0 Å². The molecule has 20 heavy (non-hydrogen) atoms. The molecule has 0 bridgehead atoms. The summed E-state index contributed by atoms with van der Waals surface area (Å²) in [5.41, 5.74) is 3.95. The normalized spacial score (nSPS) is 10.9. The monoisotopic (exact) mass is 366 g/mol. The van der Waals surface area contributed by atoms with E-state index in [0.29, 0.717) is 10.7 Å². The number of amides is 1. The van der Waals surface area contributed by atoms with E-state index in [1.54, 1.807) is 0 Å². The zero-order valence-electron chi connectivity index (χ0n) is 10.9. The van der Waals surface area contributed by atoms with Gasteiger partial charge in [-0.1, -0.05) is 17.4 Å². The van der Waals surface area contributed by atoms with Gasteiger partial charge in [-0.2, -0.15) is 0 Å². The van der Waals surface area contributed by atoms with Gasteiger partial charge in [0, 0.05) is 5.38 Å². The molecule has 0 aliphatic heterocycles. The Bertz CT molecular complexity index is 807. The number of anilines is 1. The number of fused-ring (bicyclic) bond motifs is 1. The first kappa shape index (κ1) is 13.7. The summed E-state index contributed by atoms with van der Waals surface area (Å²) in [4.78, 5) is 16.6. The van der Waals surface area contributed by atoms with Crippen molar-refractivity contribution in [1.29, 1.82) is 0 Å². The summed E-state index contributed by atoms with van der Waals surface area (Å²) < 4.78 is 2.04. The van der Waals surface area contributed by atoms with Crippen molar-refractivity contribution in [3.8, 4) is 0 Å². The van der Waals surface area contributed by atoms with Crippen LogP contribution < -0.4 is 5.32 Å². The fraction of sp³-hybridized carbons (Fsp3) is 0.143. The van der Waals surface area contributed by atoms with Crippen LogP contribution >= 0.6 is 38.6 Å². The van der Waals surface area contributed by atoms with Gasteiger partial charge >= 0.3 is 0 Å². The van der Waals surface area contributed by atoms with Gasteiger partial charge in [-0.25, -0.2) is 4.98 Å². The molecule has 1 amide bonds. The van der Waals surface area contributed by atoms with Crippen LogP contribution in [-0.4, -0.2) is 10.9 Å². The zero-order valence-corrected chi connectivity index (χ0v) is 14.1.